The second-order valence-corrected chi connectivity index (χ2v) is 10.4. The van der Waals surface area contributed by atoms with Gasteiger partial charge in [0.05, 0.1) is 5.54 Å². The average Bonchev–Trinajstić information content (AvgIpc) is 3.31. The van der Waals surface area contributed by atoms with Crippen molar-refractivity contribution in [2.45, 2.75) is 58.1 Å². The summed E-state index contributed by atoms with van der Waals surface area (Å²) in [5.41, 5.74) is 1.91. The van der Waals surface area contributed by atoms with E-state index in [9.17, 15) is 18.4 Å². The number of nitrogens with one attached hydrogen (secondary N) is 2. The quantitative estimate of drug-likeness (QED) is 0.499. The summed E-state index contributed by atoms with van der Waals surface area (Å²) in [6.07, 6.45) is 0.734. The molecule has 0 saturated carbocycles. The lowest BCUT2D eigenvalue weighted by Crippen LogP contribution is -2.50. The van der Waals surface area contributed by atoms with Gasteiger partial charge in [-0.2, -0.15) is 0 Å². The Balaban J connectivity index is 1.48. The Morgan fingerprint density at radius 3 is 2.49 bits per heavy atom. The molecule has 1 aromatic heterocycles. The number of nitrogens with zero attached hydrogens (tertiary/aromatic N) is 1. The van der Waals surface area contributed by atoms with E-state index >= 15 is 0 Å². The average molecular weight is 484 g/mol. The number of aromatic nitrogens is 1. The number of benzene rings is 2. The molecule has 1 atom stereocenters. The highest BCUT2D eigenvalue weighted by Gasteiger charge is 2.38. The molecular weight excluding hydrogens is 452 g/mol. The number of aromatic amines is 1. The Kier molecular flexibility index (Phi) is 6.58. The van der Waals surface area contributed by atoms with Gasteiger partial charge in [-0.1, -0.05) is 0 Å². The van der Waals surface area contributed by atoms with Crippen LogP contribution in [0.3, 0.4) is 0 Å². The van der Waals surface area contributed by atoms with E-state index in [1.54, 1.807) is 43.9 Å². The summed E-state index contributed by atoms with van der Waals surface area (Å²) in [6, 6.07) is 10.6. The topological polar surface area (TPSA) is 74.4 Å². The van der Waals surface area contributed by atoms with Crippen LogP contribution in [0, 0.1) is 11.6 Å². The standard InChI is InChI=1S/C27H31F2N3O3/c1-26(2,3)35-25(34)31-27(4)13-14-32(16-27)23(33)12-10-20-21-15-19(29)9-11-22(21)30-24(20)17-5-7-18(28)8-6-17/h5-9,11,15,30H,10,12-14,16H2,1-4H3,(H,31,34). The highest BCUT2D eigenvalue weighted by Crippen LogP contribution is 2.32. The van der Waals surface area contributed by atoms with Gasteiger partial charge in [-0.05, 0) is 94.1 Å². The number of carbonyl (C=O) groups excluding carboxylic acids is 2. The summed E-state index contributed by atoms with van der Waals surface area (Å²) in [5.74, 6) is -0.751. The summed E-state index contributed by atoms with van der Waals surface area (Å²) in [7, 11) is 0. The van der Waals surface area contributed by atoms with E-state index < -0.39 is 17.2 Å². The van der Waals surface area contributed by atoms with Crippen molar-refractivity contribution in [1.82, 2.24) is 15.2 Å². The van der Waals surface area contributed by atoms with Gasteiger partial charge in [0.1, 0.15) is 17.2 Å². The molecule has 4 rings (SSSR count). The molecule has 0 aliphatic carbocycles. The molecule has 1 saturated heterocycles. The number of likely N-dealkylation sites (tertiary alicyclic amines) is 1. The smallest absolute Gasteiger partial charge is 0.408 e. The van der Waals surface area contributed by atoms with E-state index in [-0.39, 0.29) is 24.0 Å². The fourth-order valence-electron chi connectivity index (χ4n) is 4.56. The summed E-state index contributed by atoms with van der Waals surface area (Å²) in [6.45, 7) is 8.22. The maximum absolute atomic E-state index is 14.0. The minimum absolute atomic E-state index is 0.0458. The monoisotopic (exact) mass is 483 g/mol. The van der Waals surface area contributed by atoms with Crippen LogP contribution in [-0.2, 0) is 16.0 Å². The first-order valence-electron chi connectivity index (χ1n) is 11.8. The fraction of sp³-hybridized carbons (Fsp3) is 0.407. The first-order valence-corrected chi connectivity index (χ1v) is 11.8. The number of hydrogen-bond acceptors (Lipinski definition) is 3. The van der Waals surface area contributed by atoms with Crippen molar-refractivity contribution in [3.05, 3.63) is 59.7 Å². The highest BCUT2D eigenvalue weighted by atomic mass is 19.1. The van der Waals surface area contributed by atoms with Crippen molar-refractivity contribution in [1.29, 1.82) is 0 Å². The largest absolute Gasteiger partial charge is 0.444 e. The van der Waals surface area contributed by atoms with Crippen molar-refractivity contribution in [2.24, 2.45) is 0 Å². The van der Waals surface area contributed by atoms with Crippen LogP contribution in [0.4, 0.5) is 13.6 Å². The summed E-state index contributed by atoms with van der Waals surface area (Å²) >= 11 is 0. The molecule has 0 bridgehead atoms. The van der Waals surface area contributed by atoms with Gasteiger partial charge in [0.2, 0.25) is 5.91 Å². The number of halogens is 2. The molecule has 6 nitrogen and oxygen atoms in total. The number of hydrogen-bond donors (Lipinski definition) is 2. The lowest BCUT2D eigenvalue weighted by molar-refractivity contribution is -0.130. The molecule has 1 aliphatic rings. The molecule has 0 radical (unpaired) electrons. The second kappa shape index (κ2) is 9.32. The van der Waals surface area contributed by atoms with Crippen LogP contribution in [-0.4, -0.2) is 46.1 Å². The molecule has 35 heavy (non-hydrogen) atoms. The fourth-order valence-corrected chi connectivity index (χ4v) is 4.56. The van der Waals surface area contributed by atoms with Crippen LogP contribution < -0.4 is 5.32 Å². The molecule has 1 fully saturated rings. The number of fused-ring (bicyclic) bond motifs is 1. The molecule has 2 aromatic carbocycles. The predicted octanol–water partition coefficient (Wildman–Crippen LogP) is 5.56. The molecule has 3 aromatic rings. The molecule has 0 spiro atoms. The van der Waals surface area contributed by atoms with Gasteiger partial charge in [0, 0.05) is 36.1 Å². The third-order valence-corrected chi connectivity index (χ3v) is 6.22. The normalized spacial score (nSPS) is 18.2. The van der Waals surface area contributed by atoms with Crippen LogP contribution in [0.15, 0.2) is 42.5 Å². The lowest BCUT2D eigenvalue weighted by Gasteiger charge is -2.28. The SMILES string of the molecule is CC1(NC(=O)OC(C)(C)C)CCN(C(=O)CCc2c(-c3ccc(F)cc3)[nH]c3ccc(F)cc23)C1. The Morgan fingerprint density at radius 2 is 1.80 bits per heavy atom. The molecule has 8 heteroatoms. The first-order chi connectivity index (χ1) is 16.4. The van der Waals surface area contributed by atoms with Crippen molar-refractivity contribution in [2.75, 3.05) is 13.1 Å². The maximum Gasteiger partial charge on any atom is 0.408 e. The summed E-state index contributed by atoms with van der Waals surface area (Å²) in [5, 5.41) is 3.60. The Hall–Kier alpha value is -3.42. The van der Waals surface area contributed by atoms with Crippen molar-refractivity contribution in [3.63, 3.8) is 0 Å². The van der Waals surface area contributed by atoms with E-state index in [0.29, 0.717) is 31.3 Å². The van der Waals surface area contributed by atoms with Gasteiger partial charge >= 0.3 is 6.09 Å². The third-order valence-electron chi connectivity index (χ3n) is 6.22. The Labute approximate surface area is 203 Å². The minimum atomic E-state index is -0.602. The zero-order valence-electron chi connectivity index (χ0n) is 20.5. The molecule has 2 amide bonds. The molecule has 2 heterocycles. The molecular formula is C27H31F2N3O3. The van der Waals surface area contributed by atoms with Gasteiger partial charge in [-0.3, -0.25) is 4.79 Å². The molecule has 1 unspecified atom stereocenters. The zero-order chi connectivity index (χ0) is 25.4. The highest BCUT2D eigenvalue weighted by molar-refractivity contribution is 5.91. The zero-order valence-corrected chi connectivity index (χ0v) is 20.5. The van der Waals surface area contributed by atoms with E-state index in [4.69, 9.17) is 4.74 Å². The van der Waals surface area contributed by atoms with Crippen LogP contribution >= 0.6 is 0 Å². The lowest BCUT2D eigenvalue weighted by atomic mass is 10.0. The number of aryl methyl sites for hydroxylation is 1. The number of H-pyrrole nitrogens is 1. The van der Waals surface area contributed by atoms with Crippen LogP contribution in [0.25, 0.3) is 22.2 Å². The summed E-state index contributed by atoms with van der Waals surface area (Å²) < 4.78 is 32.9. The van der Waals surface area contributed by atoms with Crippen LogP contribution in [0.1, 0.15) is 46.1 Å². The van der Waals surface area contributed by atoms with E-state index in [1.807, 2.05) is 6.92 Å². The van der Waals surface area contributed by atoms with E-state index in [0.717, 1.165) is 22.3 Å². The first kappa shape index (κ1) is 24.7. The summed E-state index contributed by atoms with van der Waals surface area (Å²) in [4.78, 5) is 30.4. The van der Waals surface area contributed by atoms with Crippen LogP contribution in [0.2, 0.25) is 0 Å². The van der Waals surface area contributed by atoms with Gasteiger partial charge in [0.25, 0.3) is 0 Å². The minimum Gasteiger partial charge on any atom is -0.444 e. The van der Waals surface area contributed by atoms with Crippen molar-refractivity contribution >= 4 is 22.9 Å². The molecule has 2 N–H and O–H groups in total. The predicted molar refractivity (Wildman–Crippen MR) is 131 cm³/mol. The number of carbonyl (C=O) groups is 2. The van der Waals surface area contributed by atoms with Crippen molar-refractivity contribution < 1.29 is 23.1 Å². The van der Waals surface area contributed by atoms with Crippen molar-refractivity contribution in [3.8, 4) is 11.3 Å². The molecule has 1 aliphatic heterocycles. The third kappa shape index (κ3) is 5.81. The number of ether oxygens (including phenoxy) is 1. The number of amides is 2. The van der Waals surface area contributed by atoms with E-state index in [1.165, 1.54) is 24.3 Å². The van der Waals surface area contributed by atoms with Gasteiger partial charge in [-0.15, -0.1) is 0 Å². The number of rotatable bonds is 5. The molecule has 186 valence electrons. The Morgan fingerprint density at radius 1 is 1.11 bits per heavy atom. The Bertz CT molecular complexity index is 1250. The van der Waals surface area contributed by atoms with Gasteiger partial charge < -0.3 is 19.9 Å². The maximum atomic E-state index is 14.0. The van der Waals surface area contributed by atoms with Gasteiger partial charge in [0.15, 0.2) is 0 Å². The number of alkyl carbamates (subject to hydrolysis) is 1. The second-order valence-electron chi connectivity index (χ2n) is 10.4. The van der Waals surface area contributed by atoms with E-state index in [2.05, 4.69) is 10.3 Å². The van der Waals surface area contributed by atoms with Crippen LogP contribution in [0.5, 0.6) is 0 Å². The van der Waals surface area contributed by atoms with Gasteiger partial charge in [-0.25, -0.2) is 13.6 Å².